The van der Waals surface area contributed by atoms with Gasteiger partial charge >= 0.3 is 0 Å². The molecule has 0 bridgehead atoms. The van der Waals surface area contributed by atoms with Gasteiger partial charge in [0, 0.05) is 12.7 Å². The number of nitrogens with zero attached hydrogens (tertiary/aromatic N) is 1. The molecule has 1 aromatic carbocycles. The molecule has 2 rings (SSSR count). The first-order chi connectivity index (χ1) is 7.99. The second kappa shape index (κ2) is 4.20. The summed E-state index contributed by atoms with van der Waals surface area (Å²) in [6.45, 7) is 3.98. The number of benzene rings is 1. The van der Waals surface area contributed by atoms with Crippen molar-refractivity contribution in [3.63, 3.8) is 0 Å². The molecule has 90 valence electrons. The Morgan fingerprint density at radius 3 is 2.59 bits per heavy atom. The van der Waals surface area contributed by atoms with Gasteiger partial charge in [0.25, 0.3) is 5.91 Å². The Bertz CT molecular complexity index is 482. The zero-order valence-corrected chi connectivity index (χ0v) is 10.3. The van der Waals surface area contributed by atoms with Crippen LogP contribution in [0.3, 0.4) is 0 Å². The number of carbonyl (C=O) groups excluding carboxylic acids is 2. The third kappa shape index (κ3) is 2.16. The lowest BCUT2D eigenvalue weighted by Gasteiger charge is -2.15. The van der Waals surface area contributed by atoms with Crippen molar-refractivity contribution in [1.82, 2.24) is 4.90 Å². The highest BCUT2D eigenvalue weighted by Crippen LogP contribution is 2.21. The van der Waals surface area contributed by atoms with Crippen molar-refractivity contribution in [1.29, 1.82) is 0 Å². The summed E-state index contributed by atoms with van der Waals surface area (Å²) < 4.78 is 0. The number of likely N-dealkylation sites (N-methyl/N-ethyl adjacent to an activating group) is 1. The van der Waals surface area contributed by atoms with E-state index in [2.05, 4.69) is 5.32 Å². The number of carbonyl (C=O) groups is 2. The maximum atomic E-state index is 11.8. The Hall–Kier alpha value is -1.84. The van der Waals surface area contributed by atoms with Crippen LogP contribution >= 0.6 is 0 Å². The quantitative estimate of drug-likeness (QED) is 0.786. The summed E-state index contributed by atoms with van der Waals surface area (Å²) in [7, 11) is 1.52. The fourth-order valence-corrected chi connectivity index (χ4v) is 1.95. The van der Waals surface area contributed by atoms with Crippen molar-refractivity contribution in [2.75, 3.05) is 12.4 Å². The van der Waals surface area contributed by atoms with Gasteiger partial charge in [-0.25, -0.2) is 0 Å². The predicted octanol–water partition coefficient (Wildman–Crippen LogP) is 1.47. The molecule has 1 fully saturated rings. The molecule has 2 amide bonds. The Kier molecular flexibility index (Phi) is 2.88. The second-order valence-corrected chi connectivity index (χ2v) is 4.51. The number of rotatable bonds is 2. The molecule has 1 heterocycles. The predicted molar refractivity (Wildman–Crippen MR) is 65.7 cm³/mol. The largest absolute Gasteiger partial charge is 0.373 e. The van der Waals surface area contributed by atoms with Gasteiger partial charge < -0.3 is 5.32 Å². The molecule has 1 saturated heterocycles. The summed E-state index contributed by atoms with van der Waals surface area (Å²) in [6.07, 6.45) is 0.239. The minimum absolute atomic E-state index is 0.127. The summed E-state index contributed by atoms with van der Waals surface area (Å²) in [5.41, 5.74) is 3.13. The third-order valence-electron chi connectivity index (χ3n) is 3.10. The Morgan fingerprint density at radius 2 is 2.00 bits per heavy atom. The first-order valence-corrected chi connectivity index (χ1v) is 5.63. The summed E-state index contributed by atoms with van der Waals surface area (Å²) >= 11 is 0. The summed E-state index contributed by atoms with van der Waals surface area (Å²) in [4.78, 5) is 24.3. The number of amides is 2. The molecular formula is C13H16N2O2. The molecule has 0 spiro atoms. The van der Waals surface area contributed by atoms with Crippen LogP contribution in [0.2, 0.25) is 0 Å². The van der Waals surface area contributed by atoms with Crippen molar-refractivity contribution in [3.05, 3.63) is 29.3 Å². The van der Waals surface area contributed by atoms with Crippen LogP contribution in [0.5, 0.6) is 0 Å². The number of hydrogen-bond acceptors (Lipinski definition) is 3. The van der Waals surface area contributed by atoms with E-state index in [9.17, 15) is 9.59 Å². The van der Waals surface area contributed by atoms with E-state index in [-0.39, 0.29) is 18.2 Å². The van der Waals surface area contributed by atoms with Crippen molar-refractivity contribution >= 4 is 17.5 Å². The van der Waals surface area contributed by atoms with Gasteiger partial charge in [0.05, 0.1) is 6.42 Å². The summed E-state index contributed by atoms with van der Waals surface area (Å²) in [6, 6.07) is 5.59. The standard InChI is InChI=1S/C13H16N2O2/c1-8-4-5-9(2)10(6-8)14-11-7-12(16)15(3)13(11)17/h4-6,11,14H,7H2,1-3H3. The number of anilines is 1. The van der Waals surface area contributed by atoms with Gasteiger partial charge in [-0.15, -0.1) is 0 Å². The molecule has 0 aliphatic carbocycles. The molecule has 1 aliphatic rings. The fraction of sp³-hybridized carbons (Fsp3) is 0.385. The smallest absolute Gasteiger partial charge is 0.251 e. The minimum atomic E-state index is -0.423. The number of hydrogen-bond donors (Lipinski definition) is 1. The van der Waals surface area contributed by atoms with Crippen molar-refractivity contribution < 1.29 is 9.59 Å². The van der Waals surface area contributed by atoms with E-state index in [1.165, 1.54) is 11.9 Å². The van der Waals surface area contributed by atoms with E-state index in [1.807, 2.05) is 32.0 Å². The SMILES string of the molecule is Cc1ccc(C)c(NC2CC(=O)N(C)C2=O)c1. The molecule has 1 aromatic rings. The zero-order chi connectivity index (χ0) is 12.6. The molecule has 1 atom stereocenters. The molecule has 0 aromatic heterocycles. The normalized spacial score (nSPS) is 19.9. The number of aryl methyl sites for hydroxylation is 2. The maximum absolute atomic E-state index is 11.8. The monoisotopic (exact) mass is 232 g/mol. The molecular weight excluding hydrogens is 216 g/mol. The molecule has 1 aliphatic heterocycles. The van der Waals surface area contributed by atoms with Gasteiger partial charge in [-0.2, -0.15) is 0 Å². The van der Waals surface area contributed by atoms with E-state index in [0.29, 0.717) is 0 Å². The lowest BCUT2D eigenvalue weighted by Crippen LogP contribution is -2.31. The number of likely N-dealkylation sites (tertiary alicyclic amines) is 1. The molecule has 0 saturated carbocycles. The van der Waals surface area contributed by atoms with Gasteiger partial charge in [0.15, 0.2) is 0 Å². The average Bonchev–Trinajstić information content (AvgIpc) is 2.52. The lowest BCUT2D eigenvalue weighted by molar-refractivity contribution is -0.136. The number of nitrogens with one attached hydrogen (secondary N) is 1. The van der Waals surface area contributed by atoms with Crippen LogP contribution in [0.25, 0.3) is 0 Å². The first kappa shape index (κ1) is 11.6. The highest BCUT2D eigenvalue weighted by molar-refractivity contribution is 6.06. The highest BCUT2D eigenvalue weighted by atomic mass is 16.2. The Morgan fingerprint density at radius 1 is 1.29 bits per heavy atom. The topological polar surface area (TPSA) is 49.4 Å². The van der Waals surface area contributed by atoms with Crippen LogP contribution in [-0.4, -0.2) is 29.8 Å². The molecule has 1 unspecified atom stereocenters. The molecule has 0 radical (unpaired) electrons. The van der Waals surface area contributed by atoms with Crippen LogP contribution in [0.4, 0.5) is 5.69 Å². The van der Waals surface area contributed by atoms with E-state index in [4.69, 9.17) is 0 Å². The Balaban J connectivity index is 2.19. The molecule has 4 heteroatoms. The van der Waals surface area contributed by atoms with Gasteiger partial charge in [-0.1, -0.05) is 12.1 Å². The first-order valence-electron chi connectivity index (χ1n) is 5.63. The van der Waals surface area contributed by atoms with Crippen LogP contribution in [0.1, 0.15) is 17.5 Å². The van der Waals surface area contributed by atoms with Crippen molar-refractivity contribution in [2.45, 2.75) is 26.3 Å². The van der Waals surface area contributed by atoms with Crippen LogP contribution < -0.4 is 5.32 Å². The molecule has 4 nitrogen and oxygen atoms in total. The lowest BCUT2D eigenvalue weighted by atomic mass is 10.1. The highest BCUT2D eigenvalue weighted by Gasteiger charge is 2.35. The summed E-state index contributed by atoms with van der Waals surface area (Å²) in [5.74, 6) is -0.284. The van der Waals surface area contributed by atoms with Crippen molar-refractivity contribution in [3.8, 4) is 0 Å². The minimum Gasteiger partial charge on any atom is -0.373 e. The van der Waals surface area contributed by atoms with Gasteiger partial charge in [0.1, 0.15) is 6.04 Å². The molecule has 1 N–H and O–H groups in total. The second-order valence-electron chi connectivity index (χ2n) is 4.51. The zero-order valence-electron chi connectivity index (χ0n) is 10.3. The van der Waals surface area contributed by atoms with Crippen molar-refractivity contribution in [2.24, 2.45) is 0 Å². The average molecular weight is 232 g/mol. The van der Waals surface area contributed by atoms with Gasteiger partial charge in [-0.05, 0) is 31.0 Å². The Labute approximate surface area is 101 Å². The van der Waals surface area contributed by atoms with Crippen LogP contribution in [-0.2, 0) is 9.59 Å². The van der Waals surface area contributed by atoms with Crippen LogP contribution in [0.15, 0.2) is 18.2 Å². The van der Waals surface area contributed by atoms with E-state index < -0.39 is 6.04 Å². The molecule has 17 heavy (non-hydrogen) atoms. The van der Waals surface area contributed by atoms with Gasteiger partial charge in [0.2, 0.25) is 5.91 Å². The van der Waals surface area contributed by atoms with Crippen LogP contribution in [0, 0.1) is 13.8 Å². The van der Waals surface area contributed by atoms with E-state index >= 15 is 0 Å². The number of imide groups is 1. The third-order valence-corrected chi connectivity index (χ3v) is 3.10. The van der Waals surface area contributed by atoms with Gasteiger partial charge in [-0.3, -0.25) is 14.5 Å². The van der Waals surface area contributed by atoms with E-state index in [1.54, 1.807) is 0 Å². The summed E-state index contributed by atoms with van der Waals surface area (Å²) in [5, 5.41) is 3.15. The van der Waals surface area contributed by atoms with E-state index in [0.717, 1.165) is 16.8 Å². The maximum Gasteiger partial charge on any atom is 0.251 e. The fourth-order valence-electron chi connectivity index (χ4n) is 1.95.